The molecule has 2 aliphatic rings. The standard InChI is InChI=1S/C49H30N2S2/c1-3-11-32(12-4-1)42-30-43(51-48(50-42)34-13-5-2-6-14-34)33-21-19-31(20-22-33)35-23-24-36-41(29-35)49(40-25-26-44-37(47(36)40)27-28-52-44)38-15-7-9-17-45(38)53-46-18-10-8-16-39(46)49/h1-30H. The lowest BCUT2D eigenvalue weighted by atomic mass is 9.67. The maximum absolute atomic E-state index is 5.08. The summed E-state index contributed by atoms with van der Waals surface area (Å²) < 4.78 is 1.33. The zero-order chi connectivity index (χ0) is 34.9. The Morgan fingerprint density at radius 3 is 1.70 bits per heavy atom. The fourth-order valence-corrected chi connectivity index (χ4v) is 10.5. The van der Waals surface area contributed by atoms with E-state index < -0.39 is 5.41 Å². The fraction of sp³-hybridized carbons (Fsp3) is 0.0204. The summed E-state index contributed by atoms with van der Waals surface area (Å²) in [5.41, 5.74) is 15.0. The average Bonchev–Trinajstić information content (AvgIpc) is 3.83. The first-order valence-electron chi connectivity index (χ1n) is 17.9. The Bertz CT molecular complexity index is 2750. The first kappa shape index (κ1) is 30.5. The highest BCUT2D eigenvalue weighted by molar-refractivity contribution is 7.99. The van der Waals surface area contributed by atoms with Crippen LogP contribution in [0, 0.1) is 0 Å². The molecule has 1 aliphatic carbocycles. The molecule has 0 fully saturated rings. The van der Waals surface area contributed by atoms with Gasteiger partial charge >= 0.3 is 0 Å². The zero-order valence-corrected chi connectivity index (χ0v) is 30.2. The Morgan fingerprint density at radius 2 is 1.00 bits per heavy atom. The summed E-state index contributed by atoms with van der Waals surface area (Å²) in [7, 11) is 0. The van der Waals surface area contributed by atoms with Gasteiger partial charge in [0.25, 0.3) is 0 Å². The summed E-state index contributed by atoms with van der Waals surface area (Å²) in [5, 5.41) is 3.57. The number of rotatable bonds is 4. The minimum absolute atomic E-state index is 0.419. The molecule has 53 heavy (non-hydrogen) atoms. The molecule has 2 nitrogen and oxygen atoms in total. The SMILES string of the molecule is c1ccc(-c2cc(-c3ccc(-c4ccc5c(c4)C4(c6ccccc6Sc6ccccc64)c4ccc6sccc6c4-5)cc3)nc(-c3ccccc3)n2)cc1. The van der Waals surface area contributed by atoms with Crippen LogP contribution in [0.25, 0.3) is 66.2 Å². The molecule has 4 heteroatoms. The van der Waals surface area contributed by atoms with Crippen LogP contribution in [-0.4, -0.2) is 9.97 Å². The van der Waals surface area contributed by atoms with E-state index >= 15 is 0 Å². The number of fused-ring (bicyclic) bond motifs is 11. The molecule has 11 rings (SSSR count). The highest BCUT2D eigenvalue weighted by Gasteiger charge is 2.50. The molecule has 0 N–H and O–H groups in total. The van der Waals surface area contributed by atoms with Crippen molar-refractivity contribution in [2.75, 3.05) is 0 Å². The van der Waals surface area contributed by atoms with Gasteiger partial charge in [0, 0.05) is 36.6 Å². The first-order chi connectivity index (χ1) is 26.3. The number of nitrogens with zero attached hydrogens (tertiary/aromatic N) is 2. The van der Waals surface area contributed by atoms with E-state index in [2.05, 4.69) is 157 Å². The molecular weight excluding hydrogens is 681 g/mol. The Labute approximate surface area is 316 Å². The Balaban J connectivity index is 1.08. The Morgan fingerprint density at radius 1 is 0.415 bits per heavy atom. The molecule has 0 amide bonds. The van der Waals surface area contributed by atoms with Crippen LogP contribution in [0.3, 0.4) is 0 Å². The smallest absolute Gasteiger partial charge is 0.160 e. The summed E-state index contributed by atoms with van der Waals surface area (Å²) in [5.74, 6) is 0.723. The fourth-order valence-electron chi connectivity index (χ4n) is 8.52. The lowest BCUT2D eigenvalue weighted by Crippen LogP contribution is -2.31. The topological polar surface area (TPSA) is 25.8 Å². The lowest BCUT2D eigenvalue weighted by molar-refractivity contribution is 0.723. The molecule has 7 aromatic carbocycles. The normalized spacial score (nSPS) is 13.4. The predicted molar refractivity (Wildman–Crippen MR) is 221 cm³/mol. The van der Waals surface area contributed by atoms with E-state index in [4.69, 9.17) is 9.97 Å². The van der Waals surface area contributed by atoms with Gasteiger partial charge in [-0.3, -0.25) is 0 Å². The Kier molecular flexibility index (Phi) is 6.91. The van der Waals surface area contributed by atoms with E-state index in [1.54, 1.807) is 0 Å². The quantitative estimate of drug-likeness (QED) is 0.182. The van der Waals surface area contributed by atoms with Gasteiger partial charge in [-0.25, -0.2) is 9.97 Å². The van der Waals surface area contributed by atoms with Crippen LogP contribution in [0.15, 0.2) is 191 Å². The summed E-state index contributed by atoms with van der Waals surface area (Å²) in [6, 6.07) is 63.8. The lowest BCUT2D eigenvalue weighted by Gasteiger charge is -2.39. The van der Waals surface area contributed by atoms with Gasteiger partial charge in [-0.05, 0) is 86.3 Å². The van der Waals surface area contributed by atoms with Gasteiger partial charge in [0.2, 0.25) is 0 Å². The highest BCUT2D eigenvalue weighted by atomic mass is 32.2. The molecule has 0 saturated carbocycles. The highest BCUT2D eigenvalue weighted by Crippen LogP contribution is 2.63. The van der Waals surface area contributed by atoms with Crippen LogP contribution >= 0.6 is 23.1 Å². The van der Waals surface area contributed by atoms with E-state index in [9.17, 15) is 0 Å². The van der Waals surface area contributed by atoms with Crippen LogP contribution < -0.4 is 0 Å². The molecule has 1 aliphatic heterocycles. The van der Waals surface area contributed by atoms with Crippen LogP contribution in [0.2, 0.25) is 0 Å². The van der Waals surface area contributed by atoms with Crippen molar-refractivity contribution >= 4 is 33.2 Å². The number of hydrogen-bond acceptors (Lipinski definition) is 4. The van der Waals surface area contributed by atoms with Crippen molar-refractivity contribution in [1.29, 1.82) is 0 Å². The first-order valence-corrected chi connectivity index (χ1v) is 19.6. The van der Waals surface area contributed by atoms with Crippen molar-refractivity contribution in [3.63, 3.8) is 0 Å². The zero-order valence-electron chi connectivity index (χ0n) is 28.5. The molecule has 9 aromatic rings. The van der Waals surface area contributed by atoms with E-state index in [0.717, 1.165) is 33.9 Å². The van der Waals surface area contributed by atoms with Gasteiger partial charge in [-0.2, -0.15) is 0 Å². The van der Waals surface area contributed by atoms with Gasteiger partial charge in [-0.15, -0.1) is 11.3 Å². The summed E-state index contributed by atoms with van der Waals surface area (Å²) in [4.78, 5) is 12.7. The second kappa shape index (κ2) is 12.0. The van der Waals surface area contributed by atoms with E-state index in [0.29, 0.717) is 0 Å². The van der Waals surface area contributed by atoms with Crippen LogP contribution in [0.1, 0.15) is 22.3 Å². The predicted octanol–water partition coefficient (Wildman–Crippen LogP) is 13.2. The summed E-state index contributed by atoms with van der Waals surface area (Å²) in [6.07, 6.45) is 0. The van der Waals surface area contributed by atoms with Crippen LogP contribution in [0.5, 0.6) is 0 Å². The molecule has 2 aromatic heterocycles. The molecule has 0 unspecified atom stereocenters. The molecule has 0 bridgehead atoms. The third-order valence-corrected chi connectivity index (χ3v) is 12.9. The molecule has 3 heterocycles. The monoisotopic (exact) mass is 710 g/mol. The van der Waals surface area contributed by atoms with Crippen molar-refractivity contribution in [2.24, 2.45) is 0 Å². The van der Waals surface area contributed by atoms with E-state index in [1.807, 2.05) is 47.4 Å². The summed E-state index contributed by atoms with van der Waals surface area (Å²) >= 11 is 3.71. The number of aromatic nitrogens is 2. The third kappa shape index (κ3) is 4.66. The third-order valence-electron chi connectivity index (χ3n) is 10.9. The van der Waals surface area contributed by atoms with Crippen molar-refractivity contribution in [1.82, 2.24) is 9.97 Å². The maximum atomic E-state index is 5.08. The average molecular weight is 711 g/mol. The van der Waals surface area contributed by atoms with Gasteiger partial charge < -0.3 is 0 Å². The minimum Gasteiger partial charge on any atom is -0.228 e. The molecule has 248 valence electrons. The van der Waals surface area contributed by atoms with Gasteiger partial charge in [0.15, 0.2) is 5.82 Å². The molecule has 0 radical (unpaired) electrons. The second-order valence-corrected chi connectivity index (χ2v) is 15.7. The van der Waals surface area contributed by atoms with Crippen molar-refractivity contribution in [2.45, 2.75) is 15.2 Å². The summed E-state index contributed by atoms with van der Waals surface area (Å²) in [6.45, 7) is 0. The molecule has 0 saturated heterocycles. The van der Waals surface area contributed by atoms with Crippen LogP contribution in [-0.2, 0) is 5.41 Å². The van der Waals surface area contributed by atoms with E-state index in [-0.39, 0.29) is 0 Å². The molecular formula is C49H30N2S2. The van der Waals surface area contributed by atoms with Gasteiger partial charge in [0.05, 0.1) is 16.8 Å². The Hall–Kier alpha value is -6.07. The molecule has 1 spiro atoms. The second-order valence-electron chi connectivity index (χ2n) is 13.7. The van der Waals surface area contributed by atoms with Crippen LogP contribution in [0.4, 0.5) is 0 Å². The largest absolute Gasteiger partial charge is 0.228 e. The van der Waals surface area contributed by atoms with Gasteiger partial charge in [0.1, 0.15) is 0 Å². The minimum atomic E-state index is -0.419. The van der Waals surface area contributed by atoms with Crippen molar-refractivity contribution in [3.8, 4) is 56.2 Å². The maximum Gasteiger partial charge on any atom is 0.160 e. The van der Waals surface area contributed by atoms with Gasteiger partial charge in [-0.1, -0.05) is 151 Å². The number of thiophene rings is 1. The molecule has 0 atom stereocenters. The number of benzene rings is 7. The number of hydrogen-bond donors (Lipinski definition) is 0. The van der Waals surface area contributed by atoms with Crippen molar-refractivity contribution in [3.05, 3.63) is 204 Å². The van der Waals surface area contributed by atoms with Crippen molar-refractivity contribution < 1.29 is 0 Å². The van der Waals surface area contributed by atoms with E-state index in [1.165, 1.54) is 64.4 Å².